The number of hydrogen-bond acceptors (Lipinski definition) is 2. The van der Waals surface area contributed by atoms with Crippen molar-refractivity contribution in [3.63, 3.8) is 0 Å². The quantitative estimate of drug-likeness (QED) is 0.537. The molecule has 0 fully saturated rings. The fourth-order valence-electron chi connectivity index (χ4n) is 3.66. The van der Waals surface area contributed by atoms with E-state index >= 15 is 0 Å². The first-order chi connectivity index (χ1) is 15.5. The lowest BCUT2D eigenvalue weighted by Crippen LogP contribution is -2.36. The van der Waals surface area contributed by atoms with Crippen molar-refractivity contribution < 1.29 is 9.59 Å². The van der Waals surface area contributed by atoms with Crippen molar-refractivity contribution in [3.05, 3.63) is 95.6 Å². The molecule has 1 N–H and O–H groups in total. The smallest absolute Gasteiger partial charge is 0.317 e. The SMILES string of the molecule is CCN(CC)C(=O)c1ccc(CNC(=O)N(C)Cc2ccccc2-c2ccccc2)cc1. The van der Waals surface area contributed by atoms with Crippen LogP contribution in [0.3, 0.4) is 0 Å². The lowest BCUT2D eigenvalue weighted by Gasteiger charge is -2.20. The highest BCUT2D eigenvalue weighted by atomic mass is 16.2. The summed E-state index contributed by atoms with van der Waals surface area (Å²) in [7, 11) is 1.79. The number of hydrogen-bond donors (Lipinski definition) is 1. The molecule has 166 valence electrons. The molecule has 5 heteroatoms. The predicted octanol–water partition coefficient (Wildman–Crippen LogP) is 5.18. The Morgan fingerprint density at radius 3 is 2.09 bits per heavy atom. The van der Waals surface area contributed by atoms with Gasteiger partial charge in [-0.25, -0.2) is 4.79 Å². The standard InChI is InChI=1S/C27H31N3O2/c1-4-30(5-2)26(31)23-17-15-21(16-18-23)19-28-27(32)29(3)20-24-13-9-10-14-25(24)22-11-7-6-8-12-22/h6-18H,4-5,19-20H2,1-3H3,(H,28,32). The van der Waals surface area contributed by atoms with Crippen LogP contribution in [0.4, 0.5) is 4.79 Å². The average molecular weight is 430 g/mol. The number of carbonyl (C=O) groups is 2. The van der Waals surface area contributed by atoms with Crippen LogP contribution in [0.15, 0.2) is 78.9 Å². The summed E-state index contributed by atoms with van der Waals surface area (Å²) >= 11 is 0. The second-order valence-electron chi connectivity index (χ2n) is 7.71. The van der Waals surface area contributed by atoms with Gasteiger partial charge in [0.2, 0.25) is 0 Å². The van der Waals surface area contributed by atoms with Crippen molar-refractivity contribution in [1.29, 1.82) is 0 Å². The molecule has 0 atom stereocenters. The third-order valence-electron chi connectivity index (χ3n) is 5.55. The van der Waals surface area contributed by atoms with E-state index in [4.69, 9.17) is 0 Å². The lowest BCUT2D eigenvalue weighted by molar-refractivity contribution is 0.0773. The predicted molar refractivity (Wildman–Crippen MR) is 129 cm³/mol. The Bertz CT molecular complexity index is 1030. The molecular weight excluding hydrogens is 398 g/mol. The molecule has 3 rings (SSSR count). The number of nitrogens with one attached hydrogen (secondary N) is 1. The van der Waals surface area contributed by atoms with Gasteiger partial charge < -0.3 is 15.1 Å². The largest absolute Gasteiger partial charge is 0.339 e. The summed E-state index contributed by atoms with van der Waals surface area (Å²) in [5, 5.41) is 2.96. The van der Waals surface area contributed by atoms with Gasteiger partial charge in [-0.1, -0.05) is 66.7 Å². The molecule has 0 aromatic heterocycles. The normalized spacial score (nSPS) is 10.5. The molecule has 5 nitrogen and oxygen atoms in total. The molecule has 0 unspecified atom stereocenters. The highest BCUT2D eigenvalue weighted by molar-refractivity contribution is 5.94. The van der Waals surface area contributed by atoms with E-state index in [0.717, 1.165) is 22.3 Å². The summed E-state index contributed by atoms with van der Waals surface area (Å²) in [6, 6.07) is 25.6. The number of rotatable bonds is 8. The van der Waals surface area contributed by atoms with E-state index in [9.17, 15) is 9.59 Å². The van der Waals surface area contributed by atoms with E-state index in [1.165, 1.54) is 0 Å². The third-order valence-corrected chi connectivity index (χ3v) is 5.55. The van der Waals surface area contributed by atoms with Crippen molar-refractivity contribution in [2.45, 2.75) is 26.9 Å². The first-order valence-corrected chi connectivity index (χ1v) is 11.0. The topological polar surface area (TPSA) is 52.7 Å². The van der Waals surface area contributed by atoms with E-state index < -0.39 is 0 Å². The first kappa shape index (κ1) is 23.1. The molecule has 0 heterocycles. The lowest BCUT2D eigenvalue weighted by atomic mass is 9.99. The number of nitrogens with zero attached hydrogens (tertiary/aromatic N) is 2. The summed E-state index contributed by atoms with van der Waals surface area (Å²) in [6.07, 6.45) is 0. The minimum atomic E-state index is -0.142. The summed E-state index contributed by atoms with van der Waals surface area (Å²) in [5.74, 6) is 0.0300. The second-order valence-corrected chi connectivity index (χ2v) is 7.71. The summed E-state index contributed by atoms with van der Waals surface area (Å²) in [6.45, 7) is 6.23. The van der Waals surface area contributed by atoms with Crippen LogP contribution in [0.2, 0.25) is 0 Å². The molecule has 0 aliphatic rings. The number of carbonyl (C=O) groups excluding carboxylic acids is 2. The third kappa shape index (κ3) is 5.76. The number of amides is 3. The molecule has 32 heavy (non-hydrogen) atoms. The van der Waals surface area contributed by atoms with E-state index in [1.807, 2.05) is 68.4 Å². The molecule has 0 radical (unpaired) electrons. The summed E-state index contributed by atoms with van der Waals surface area (Å²) in [5.41, 5.74) is 4.97. The molecular formula is C27H31N3O2. The molecule has 0 saturated carbocycles. The Morgan fingerprint density at radius 1 is 0.812 bits per heavy atom. The zero-order chi connectivity index (χ0) is 22.9. The van der Waals surface area contributed by atoms with Crippen LogP contribution in [0.25, 0.3) is 11.1 Å². The maximum Gasteiger partial charge on any atom is 0.317 e. The van der Waals surface area contributed by atoms with Crippen LogP contribution in [0.5, 0.6) is 0 Å². The molecule has 0 spiro atoms. The molecule has 0 bridgehead atoms. The van der Waals surface area contributed by atoms with Crippen molar-refractivity contribution in [2.24, 2.45) is 0 Å². The Hall–Kier alpha value is -3.60. The Morgan fingerprint density at radius 2 is 1.44 bits per heavy atom. The Kier molecular flexibility index (Phi) is 8.03. The monoisotopic (exact) mass is 429 g/mol. The molecule has 3 aromatic rings. The second kappa shape index (κ2) is 11.1. The van der Waals surface area contributed by atoms with E-state index in [2.05, 4.69) is 29.6 Å². The van der Waals surface area contributed by atoms with Gasteiger partial charge in [0.1, 0.15) is 0 Å². The van der Waals surface area contributed by atoms with Crippen LogP contribution in [-0.2, 0) is 13.1 Å². The van der Waals surface area contributed by atoms with Crippen molar-refractivity contribution >= 4 is 11.9 Å². The highest BCUT2D eigenvalue weighted by Gasteiger charge is 2.14. The summed E-state index contributed by atoms with van der Waals surface area (Å²) < 4.78 is 0. The Labute approximate surface area is 190 Å². The summed E-state index contributed by atoms with van der Waals surface area (Å²) in [4.78, 5) is 28.6. The van der Waals surface area contributed by atoms with Gasteiger partial charge >= 0.3 is 6.03 Å². The van der Waals surface area contributed by atoms with Crippen LogP contribution in [0.1, 0.15) is 35.3 Å². The maximum absolute atomic E-state index is 12.7. The zero-order valence-electron chi connectivity index (χ0n) is 19.0. The van der Waals surface area contributed by atoms with Crippen molar-refractivity contribution in [2.75, 3.05) is 20.1 Å². The number of benzene rings is 3. The van der Waals surface area contributed by atoms with Gasteiger partial charge in [0.05, 0.1) is 0 Å². The van der Waals surface area contributed by atoms with E-state index in [-0.39, 0.29) is 11.9 Å². The van der Waals surface area contributed by atoms with Gasteiger partial charge in [-0.05, 0) is 48.2 Å². The van der Waals surface area contributed by atoms with Crippen molar-refractivity contribution in [1.82, 2.24) is 15.1 Å². The van der Waals surface area contributed by atoms with Crippen LogP contribution in [0, 0.1) is 0 Å². The highest BCUT2D eigenvalue weighted by Crippen LogP contribution is 2.24. The van der Waals surface area contributed by atoms with Gasteiger partial charge in [0, 0.05) is 38.8 Å². The van der Waals surface area contributed by atoms with E-state index in [1.54, 1.807) is 16.8 Å². The van der Waals surface area contributed by atoms with Crippen molar-refractivity contribution in [3.8, 4) is 11.1 Å². The minimum Gasteiger partial charge on any atom is -0.339 e. The van der Waals surface area contributed by atoms with Gasteiger partial charge in [-0.3, -0.25) is 4.79 Å². The first-order valence-electron chi connectivity index (χ1n) is 11.0. The molecule has 0 aliphatic carbocycles. The van der Waals surface area contributed by atoms with E-state index in [0.29, 0.717) is 31.7 Å². The molecule has 0 aliphatic heterocycles. The molecule has 3 aromatic carbocycles. The maximum atomic E-state index is 12.7. The minimum absolute atomic E-state index is 0.0300. The number of urea groups is 1. The van der Waals surface area contributed by atoms with Gasteiger partial charge in [0.15, 0.2) is 0 Å². The van der Waals surface area contributed by atoms with Crippen LogP contribution < -0.4 is 5.32 Å². The van der Waals surface area contributed by atoms with Crippen LogP contribution >= 0.6 is 0 Å². The molecule has 0 saturated heterocycles. The fraction of sp³-hybridized carbons (Fsp3) is 0.259. The molecule has 3 amide bonds. The van der Waals surface area contributed by atoms with Gasteiger partial charge in [0.25, 0.3) is 5.91 Å². The zero-order valence-corrected chi connectivity index (χ0v) is 19.0. The van der Waals surface area contributed by atoms with Gasteiger partial charge in [-0.2, -0.15) is 0 Å². The van der Waals surface area contributed by atoms with Gasteiger partial charge in [-0.15, -0.1) is 0 Å². The Balaban J connectivity index is 1.59. The fourth-order valence-corrected chi connectivity index (χ4v) is 3.66. The average Bonchev–Trinajstić information content (AvgIpc) is 2.84. The van der Waals surface area contributed by atoms with Crippen LogP contribution in [-0.4, -0.2) is 41.9 Å².